The zero-order chi connectivity index (χ0) is 12.1. The summed E-state index contributed by atoms with van der Waals surface area (Å²) in [6, 6.07) is 2.54. The first kappa shape index (κ1) is 12.1. The van der Waals surface area contributed by atoms with E-state index in [0.29, 0.717) is 0 Å². The molecular weight excluding hydrogens is 212 g/mol. The topological polar surface area (TPSA) is 54.5 Å². The Morgan fingerprint density at radius 2 is 2.18 bits per heavy atom. The van der Waals surface area contributed by atoms with Gasteiger partial charge in [-0.05, 0) is 19.3 Å². The lowest BCUT2D eigenvalue weighted by atomic mass is 9.73. The van der Waals surface area contributed by atoms with Crippen LogP contribution in [0.4, 0.5) is 0 Å². The zero-order valence-electron chi connectivity index (χ0n) is 10.5. The summed E-state index contributed by atoms with van der Waals surface area (Å²) >= 11 is 0. The summed E-state index contributed by atoms with van der Waals surface area (Å²) < 4.78 is 1.95. The van der Waals surface area contributed by atoms with Gasteiger partial charge < -0.3 is 0 Å². The summed E-state index contributed by atoms with van der Waals surface area (Å²) in [6.07, 6.45) is 9.08. The van der Waals surface area contributed by atoms with Gasteiger partial charge in [0.05, 0.1) is 11.5 Å². The van der Waals surface area contributed by atoms with Crippen LogP contribution in [0.15, 0.2) is 6.33 Å². The van der Waals surface area contributed by atoms with E-state index < -0.39 is 0 Å². The fourth-order valence-electron chi connectivity index (χ4n) is 2.68. The van der Waals surface area contributed by atoms with Crippen LogP contribution in [0.1, 0.15) is 51.3 Å². The maximum atomic E-state index is 9.45. The van der Waals surface area contributed by atoms with Crippen molar-refractivity contribution in [3.63, 3.8) is 0 Å². The average Bonchev–Trinajstić information content (AvgIpc) is 2.78. The highest BCUT2D eigenvalue weighted by atomic mass is 15.3. The van der Waals surface area contributed by atoms with E-state index in [1.807, 2.05) is 4.68 Å². The molecule has 0 N–H and O–H groups in total. The van der Waals surface area contributed by atoms with Crippen LogP contribution in [0.2, 0.25) is 0 Å². The first-order chi connectivity index (χ1) is 8.29. The number of nitrogens with zero attached hydrogens (tertiary/aromatic N) is 4. The van der Waals surface area contributed by atoms with Crippen molar-refractivity contribution in [3.05, 3.63) is 12.2 Å². The van der Waals surface area contributed by atoms with Crippen LogP contribution in [0.3, 0.4) is 0 Å². The Labute approximate surface area is 103 Å². The van der Waals surface area contributed by atoms with Gasteiger partial charge in [-0.15, -0.1) is 0 Å². The molecule has 1 fully saturated rings. The standard InChI is InChI=1S/C13H20N4/c1-2-8-17-12(15-11-16-17)9-13(10-14)6-4-3-5-7-13/h11H,2-9H2,1H3. The lowest BCUT2D eigenvalue weighted by molar-refractivity contribution is 0.257. The average molecular weight is 232 g/mol. The van der Waals surface area contributed by atoms with Crippen LogP contribution in [0.25, 0.3) is 0 Å². The molecule has 0 spiro atoms. The van der Waals surface area contributed by atoms with Gasteiger partial charge in [0, 0.05) is 13.0 Å². The quantitative estimate of drug-likeness (QED) is 0.802. The molecule has 0 saturated heterocycles. The predicted molar refractivity (Wildman–Crippen MR) is 65.1 cm³/mol. The molecule has 0 aromatic carbocycles. The molecular formula is C13H20N4. The van der Waals surface area contributed by atoms with E-state index in [4.69, 9.17) is 0 Å². The summed E-state index contributed by atoms with van der Waals surface area (Å²) in [5.74, 6) is 0.982. The number of aromatic nitrogens is 3. The van der Waals surface area contributed by atoms with E-state index in [9.17, 15) is 5.26 Å². The Morgan fingerprint density at radius 3 is 2.82 bits per heavy atom. The normalized spacial score (nSPS) is 18.8. The molecule has 17 heavy (non-hydrogen) atoms. The third-order valence-corrected chi connectivity index (χ3v) is 3.68. The van der Waals surface area contributed by atoms with Crippen LogP contribution >= 0.6 is 0 Å². The van der Waals surface area contributed by atoms with Crippen molar-refractivity contribution in [1.29, 1.82) is 5.26 Å². The van der Waals surface area contributed by atoms with E-state index >= 15 is 0 Å². The van der Waals surface area contributed by atoms with Crippen LogP contribution in [-0.4, -0.2) is 14.8 Å². The third-order valence-electron chi connectivity index (χ3n) is 3.68. The number of rotatable bonds is 4. The summed E-state index contributed by atoms with van der Waals surface area (Å²) in [6.45, 7) is 3.03. The Balaban J connectivity index is 2.12. The Kier molecular flexibility index (Phi) is 3.78. The van der Waals surface area contributed by atoms with Gasteiger partial charge in [0.2, 0.25) is 0 Å². The molecule has 4 heteroatoms. The van der Waals surface area contributed by atoms with Crippen molar-refractivity contribution < 1.29 is 0 Å². The van der Waals surface area contributed by atoms with Gasteiger partial charge >= 0.3 is 0 Å². The second kappa shape index (κ2) is 5.31. The minimum atomic E-state index is -0.184. The van der Waals surface area contributed by atoms with E-state index in [1.165, 1.54) is 19.3 Å². The molecule has 0 amide bonds. The van der Waals surface area contributed by atoms with Gasteiger partial charge in [-0.25, -0.2) is 4.98 Å². The number of aryl methyl sites for hydroxylation is 1. The highest BCUT2D eigenvalue weighted by Crippen LogP contribution is 2.38. The smallest absolute Gasteiger partial charge is 0.138 e. The van der Waals surface area contributed by atoms with E-state index in [-0.39, 0.29) is 5.41 Å². The summed E-state index contributed by atoms with van der Waals surface area (Å²) in [7, 11) is 0. The van der Waals surface area contributed by atoms with Crippen molar-refractivity contribution in [3.8, 4) is 6.07 Å². The third kappa shape index (κ3) is 2.66. The Morgan fingerprint density at radius 1 is 1.41 bits per heavy atom. The van der Waals surface area contributed by atoms with Crippen molar-refractivity contribution in [2.24, 2.45) is 5.41 Å². The molecule has 0 aliphatic heterocycles. The van der Waals surface area contributed by atoms with E-state index in [1.54, 1.807) is 6.33 Å². The first-order valence-electron chi connectivity index (χ1n) is 6.57. The molecule has 1 aromatic rings. The van der Waals surface area contributed by atoms with Gasteiger partial charge in [0.15, 0.2) is 0 Å². The molecule has 0 bridgehead atoms. The highest BCUT2D eigenvalue weighted by Gasteiger charge is 2.33. The zero-order valence-corrected chi connectivity index (χ0v) is 10.5. The SMILES string of the molecule is CCCn1ncnc1CC1(C#N)CCCCC1. The van der Waals surface area contributed by atoms with Crippen molar-refractivity contribution in [2.45, 2.75) is 58.4 Å². The number of hydrogen-bond acceptors (Lipinski definition) is 3. The Hall–Kier alpha value is -1.37. The number of hydrogen-bond donors (Lipinski definition) is 0. The van der Waals surface area contributed by atoms with E-state index in [0.717, 1.165) is 38.1 Å². The molecule has 0 radical (unpaired) electrons. The molecule has 1 aliphatic carbocycles. The maximum absolute atomic E-state index is 9.45. The molecule has 2 rings (SSSR count). The van der Waals surface area contributed by atoms with Gasteiger partial charge in [0.25, 0.3) is 0 Å². The fraction of sp³-hybridized carbons (Fsp3) is 0.769. The number of nitriles is 1. The predicted octanol–water partition coefficient (Wildman–Crippen LogP) is 2.70. The molecule has 92 valence electrons. The summed E-state index contributed by atoms with van der Waals surface area (Å²) in [4.78, 5) is 4.32. The molecule has 1 heterocycles. The van der Waals surface area contributed by atoms with Crippen molar-refractivity contribution in [1.82, 2.24) is 14.8 Å². The fourth-order valence-corrected chi connectivity index (χ4v) is 2.68. The molecule has 1 aliphatic rings. The summed E-state index contributed by atoms with van der Waals surface area (Å²) in [5.41, 5.74) is -0.184. The molecule has 0 unspecified atom stereocenters. The van der Waals surface area contributed by atoms with Crippen molar-refractivity contribution in [2.75, 3.05) is 0 Å². The first-order valence-corrected chi connectivity index (χ1v) is 6.57. The lowest BCUT2D eigenvalue weighted by Gasteiger charge is -2.30. The Bertz CT molecular complexity index is 396. The van der Waals surface area contributed by atoms with Gasteiger partial charge in [0.1, 0.15) is 12.2 Å². The monoisotopic (exact) mass is 232 g/mol. The van der Waals surface area contributed by atoms with Gasteiger partial charge in [-0.3, -0.25) is 4.68 Å². The molecule has 0 atom stereocenters. The van der Waals surface area contributed by atoms with Crippen LogP contribution in [-0.2, 0) is 13.0 Å². The van der Waals surface area contributed by atoms with Crippen LogP contribution < -0.4 is 0 Å². The molecule has 4 nitrogen and oxygen atoms in total. The minimum absolute atomic E-state index is 0.184. The highest BCUT2D eigenvalue weighted by molar-refractivity contribution is 5.06. The molecule has 1 saturated carbocycles. The van der Waals surface area contributed by atoms with Gasteiger partial charge in [-0.2, -0.15) is 10.4 Å². The second-order valence-electron chi connectivity index (χ2n) is 5.03. The van der Waals surface area contributed by atoms with Crippen LogP contribution in [0, 0.1) is 16.7 Å². The second-order valence-corrected chi connectivity index (χ2v) is 5.03. The summed E-state index contributed by atoms with van der Waals surface area (Å²) in [5, 5.41) is 13.7. The molecule has 1 aromatic heterocycles. The largest absolute Gasteiger partial charge is 0.250 e. The van der Waals surface area contributed by atoms with E-state index in [2.05, 4.69) is 23.1 Å². The van der Waals surface area contributed by atoms with Gasteiger partial charge in [-0.1, -0.05) is 26.2 Å². The van der Waals surface area contributed by atoms with Crippen LogP contribution in [0.5, 0.6) is 0 Å². The maximum Gasteiger partial charge on any atom is 0.138 e. The lowest BCUT2D eigenvalue weighted by Crippen LogP contribution is -2.26. The van der Waals surface area contributed by atoms with Crippen molar-refractivity contribution >= 4 is 0 Å². The minimum Gasteiger partial charge on any atom is -0.250 e.